The Morgan fingerprint density at radius 2 is 1.89 bits per heavy atom. The summed E-state index contributed by atoms with van der Waals surface area (Å²) in [5.74, 6) is 0. The summed E-state index contributed by atoms with van der Waals surface area (Å²) in [5, 5.41) is 11.0. The molecule has 0 amide bonds. The minimum Gasteiger partial charge on any atom is -0.402 e. The summed E-state index contributed by atoms with van der Waals surface area (Å²) in [6.45, 7) is 3.28. The van der Waals surface area contributed by atoms with E-state index in [9.17, 15) is 18.5 Å². The van der Waals surface area contributed by atoms with Crippen LogP contribution in [0.2, 0.25) is 0 Å². The highest BCUT2D eigenvalue weighted by Crippen LogP contribution is 2.29. The van der Waals surface area contributed by atoms with Crippen LogP contribution in [0.15, 0.2) is 28.8 Å². The van der Waals surface area contributed by atoms with Crippen molar-refractivity contribution in [2.45, 2.75) is 18.7 Å². The fourth-order valence-corrected chi connectivity index (χ4v) is 2.06. The minimum atomic E-state index is -3.47. The molecule has 0 saturated heterocycles. The van der Waals surface area contributed by atoms with Gasteiger partial charge < -0.3 is 5.73 Å². The van der Waals surface area contributed by atoms with Crippen molar-refractivity contribution >= 4 is 21.1 Å². The minimum absolute atomic E-state index is 0.0829. The molecule has 0 fully saturated rings. The maximum absolute atomic E-state index is 11.4. The van der Waals surface area contributed by atoms with Gasteiger partial charge in [-0.2, -0.15) is 0 Å². The molecule has 1 aromatic rings. The highest BCUT2D eigenvalue weighted by atomic mass is 32.2. The van der Waals surface area contributed by atoms with Crippen molar-refractivity contribution in [2.24, 2.45) is 5.73 Å². The van der Waals surface area contributed by atoms with E-state index in [1.165, 1.54) is 12.1 Å². The van der Waals surface area contributed by atoms with Gasteiger partial charge in [0.25, 0.3) is 5.69 Å². The number of nitrogens with zero attached hydrogens (tertiary/aromatic N) is 1. The molecule has 0 aliphatic rings. The van der Waals surface area contributed by atoms with Crippen molar-refractivity contribution in [3.8, 4) is 0 Å². The number of nitrogens with two attached hydrogens (primary N) is 1. The van der Waals surface area contributed by atoms with Gasteiger partial charge in [-0.1, -0.05) is 0 Å². The van der Waals surface area contributed by atoms with Gasteiger partial charge >= 0.3 is 0 Å². The number of nitro benzene ring substituents is 1. The van der Waals surface area contributed by atoms with E-state index in [-0.39, 0.29) is 10.6 Å². The molecule has 0 radical (unpaired) electrons. The zero-order valence-electron chi connectivity index (χ0n) is 10.3. The van der Waals surface area contributed by atoms with Crippen LogP contribution < -0.4 is 5.73 Å². The first-order chi connectivity index (χ1) is 8.14. The molecule has 98 valence electrons. The molecule has 1 aromatic carbocycles. The van der Waals surface area contributed by atoms with Gasteiger partial charge in [0.15, 0.2) is 9.84 Å². The van der Waals surface area contributed by atoms with Crippen molar-refractivity contribution < 1.29 is 13.3 Å². The van der Waals surface area contributed by atoms with Crippen molar-refractivity contribution in [3.63, 3.8) is 0 Å². The first-order valence-corrected chi connectivity index (χ1v) is 6.95. The van der Waals surface area contributed by atoms with Gasteiger partial charge in [-0.15, -0.1) is 0 Å². The Labute approximate surface area is 105 Å². The predicted molar refractivity (Wildman–Crippen MR) is 68.7 cm³/mol. The lowest BCUT2D eigenvalue weighted by Crippen LogP contribution is -2.03. The Kier molecular flexibility index (Phi) is 3.76. The monoisotopic (exact) mass is 270 g/mol. The first-order valence-electron chi connectivity index (χ1n) is 5.06. The quantitative estimate of drug-likeness (QED) is 0.665. The summed E-state index contributed by atoms with van der Waals surface area (Å²) in [5.41, 5.74) is 6.67. The van der Waals surface area contributed by atoms with E-state index in [2.05, 4.69) is 0 Å². The van der Waals surface area contributed by atoms with Crippen LogP contribution >= 0.6 is 0 Å². The smallest absolute Gasteiger partial charge is 0.278 e. The summed E-state index contributed by atoms with van der Waals surface area (Å²) < 4.78 is 22.7. The lowest BCUT2D eigenvalue weighted by atomic mass is 10.0. The van der Waals surface area contributed by atoms with E-state index in [0.29, 0.717) is 16.8 Å². The number of rotatable bonds is 3. The molecule has 0 aliphatic carbocycles. The average molecular weight is 270 g/mol. The second-order valence-corrected chi connectivity index (χ2v) is 6.03. The number of hydrogen-bond donors (Lipinski definition) is 1. The number of allylic oxidation sites excluding steroid dienone is 2. The van der Waals surface area contributed by atoms with Gasteiger partial charge in [0.1, 0.15) is 0 Å². The molecular formula is C11H14N2O4S. The Balaban J connectivity index is 3.59. The molecule has 0 spiro atoms. The predicted octanol–water partition coefficient (Wildman–Crippen LogP) is 1.71. The molecule has 0 aliphatic heterocycles. The number of nitro groups is 1. The zero-order valence-corrected chi connectivity index (χ0v) is 11.1. The molecule has 1 rings (SSSR count). The number of sulfone groups is 1. The van der Waals surface area contributed by atoms with Crippen LogP contribution in [0.1, 0.15) is 19.4 Å². The van der Waals surface area contributed by atoms with Gasteiger partial charge in [0.05, 0.1) is 15.4 Å². The van der Waals surface area contributed by atoms with Gasteiger partial charge in [0, 0.05) is 18.0 Å². The Morgan fingerprint density at radius 1 is 1.33 bits per heavy atom. The highest BCUT2D eigenvalue weighted by Gasteiger charge is 2.19. The van der Waals surface area contributed by atoms with E-state index in [0.717, 1.165) is 12.3 Å². The van der Waals surface area contributed by atoms with Crippen LogP contribution in [0.25, 0.3) is 5.57 Å². The Bertz CT molecular complexity index is 628. The third-order valence-electron chi connectivity index (χ3n) is 2.59. The molecular weight excluding hydrogens is 256 g/mol. The number of benzene rings is 1. The van der Waals surface area contributed by atoms with Gasteiger partial charge in [-0.3, -0.25) is 10.1 Å². The van der Waals surface area contributed by atoms with Gasteiger partial charge in [-0.05, 0) is 31.6 Å². The Hall–Kier alpha value is -1.89. The van der Waals surface area contributed by atoms with E-state index in [4.69, 9.17) is 5.73 Å². The molecule has 0 bridgehead atoms. The molecule has 0 saturated carbocycles. The van der Waals surface area contributed by atoms with Crippen molar-refractivity contribution in [2.75, 3.05) is 6.26 Å². The molecule has 0 unspecified atom stereocenters. The molecule has 18 heavy (non-hydrogen) atoms. The maximum atomic E-state index is 11.4. The SMILES string of the molecule is CC(N)=C(C)c1ccc(S(C)(=O)=O)cc1[N+](=O)[O-]. The largest absolute Gasteiger partial charge is 0.402 e. The summed E-state index contributed by atoms with van der Waals surface area (Å²) in [7, 11) is -3.47. The fourth-order valence-electron chi connectivity index (χ4n) is 1.42. The third kappa shape index (κ3) is 2.86. The lowest BCUT2D eigenvalue weighted by molar-refractivity contribution is -0.385. The molecule has 7 heteroatoms. The molecule has 0 atom stereocenters. The number of hydrogen-bond acceptors (Lipinski definition) is 5. The van der Waals surface area contributed by atoms with Gasteiger partial charge in [0.2, 0.25) is 0 Å². The molecule has 2 N–H and O–H groups in total. The fraction of sp³-hybridized carbons (Fsp3) is 0.273. The van der Waals surface area contributed by atoms with Crippen LogP contribution in [0, 0.1) is 10.1 Å². The maximum Gasteiger partial charge on any atom is 0.278 e. The summed E-state index contributed by atoms with van der Waals surface area (Å²) in [6.07, 6.45) is 1.00. The summed E-state index contributed by atoms with van der Waals surface area (Å²) in [4.78, 5) is 10.3. The van der Waals surface area contributed by atoms with Crippen molar-refractivity contribution in [1.82, 2.24) is 0 Å². The topological polar surface area (TPSA) is 103 Å². The highest BCUT2D eigenvalue weighted by molar-refractivity contribution is 7.90. The van der Waals surface area contributed by atoms with E-state index in [1.54, 1.807) is 13.8 Å². The molecule has 0 aromatic heterocycles. The lowest BCUT2D eigenvalue weighted by Gasteiger charge is -2.07. The first kappa shape index (κ1) is 14.2. The average Bonchev–Trinajstić information content (AvgIpc) is 2.25. The summed E-state index contributed by atoms with van der Waals surface area (Å²) in [6, 6.07) is 3.79. The van der Waals surface area contributed by atoms with Crippen LogP contribution in [0.4, 0.5) is 5.69 Å². The van der Waals surface area contributed by atoms with Crippen LogP contribution in [-0.2, 0) is 9.84 Å². The Morgan fingerprint density at radius 3 is 2.28 bits per heavy atom. The van der Waals surface area contributed by atoms with Crippen molar-refractivity contribution in [1.29, 1.82) is 0 Å². The van der Waals surface area contributed by atoms with E-state index in [1.807, 2.05) is 0 Å². The van der Waals surface area contributed by atoms with Gasteiger partial charge in [-0.25, -0.2) is 8.42 Å². The van der Waals surface area contributed by atoms with E-state index < -0.39 is 14.8 Å². The standard InChI is InChI=1S/C11H14N2O4S/c1-7(8(2)12)10-5-4-9(18(3,16)17)6-11(10)13(14)15/h4-6H,12H2,1-3H3. The van der Waals surface area contributed by atoms with E-state index >= 15 is 0 Å². The second kappa shape index (κ2) is 4.77. The van der Waals surface area contributed by atoms with Crippen LogP contribution in [-0.4, -0.2) is 19.6 Å². The van der Waals surface area contributed by atoms with Crippen LogP contribution in [0.5, 0.6) is 0 Å². The molecule has 0 heterocycles. The van der Waals surface area contributed by atoms with Crippen molar-refractivity contribution in [3.05, 3.63) is 39.6 Å². The summed E-state index contributed by atoms with van der Waals surface area (Å²) >= 11 is 0. The third-order valence-corrected chi connectivity index (χ3v) is 3.70. The normalized spacial score (nSPS) is 13.1. The second-order valence-electron chi connectivity index (χ2n) is 4.02. The van der Waals surface area contributed by atoms with Crippen LogP contribution in [0.3, 0.4) is 0 Å². The zero-order chi connectivity index (χ0) is 14.1. The molecule has 6 nitrogen and oxygen atoms in total.